The van der Waals surface area contributed by atoms with Gasteiger partial charge in [0.05, 0.1) is 15.8 Å². The van der Waals surface area contributed by atoms with E-state index in [-0.39, 0.29) is 11.5 Å². The van der Waals surface area contributed by atoms with Gasteiger partial charge in [-0.25, -0.2) is 0 Å². The molecule has 1 aromatic heterocycles. The Labute approximate surface area is 107 Å². The number of nitrogens with zero attached hydrogens (tertiary/aromatic N) is 3. The molecule has 1 atom stereocenters. The van der Waals surface area contributed by atoms with Gasteiger partial charge in [-0.1, -0.05) is 0 Å². The number of anilines is 1. The van der Waals surface area contributed by atoms with Crippen LogP contribution in [0.1, 0.15) is 11.7 Å². The van der Waals surface area contributed by atoms with Crippen molar-refractivity contribution in [3.63, 3.8) is 0 Å². The first kappa shape index (κ1) is 13.0. The van der Waals surface area contributed by atoms with E-state index in [1.54, 1.807) is 6.92 Å². The Kier molecular flexibility index (Phi) is 3.17. The van der Waals surface area contributed by atoms with E-state index in [9.17, 15) is 14.9 Å². The molecule has 2 aromatic rings. The second kappa shape index (κ2) is 4.65. The van der Waals surface area contributed by atoms with Gasteiger partial charge in [-0.15, -0.1) is 5.10 Å². The number of nitrogen functional groups attached to an aromatic ring is 1. The molecule has 2 rings (SSSR count). The highest BCUT2D eigenvalue weighted by Crippen LogP contribution is 2.25. The SMILES string of the molecule is CO[C@H](C)C(=O)n1nc(N)c2cc([N+](=O)[O-])ccc21. The van der Waals surface area contributed by atoms with Crippen molar-refractivity contribution < 1.29 is 14.5 Å². The number of carbonyl (C=O) groups is 1. The second-order valence-electron chi connectivity index (χ2n) is 3.97. The number of hydrogen-bond acceptors (Lipinski definition) is 6. The van der Waals surface area contributed by atoms with Gasteiger partial charge in [0.25, 0.3) is 11.6 Å². The van der Waals surface area contributed by atoms with Gasteiger partial charge in [-0.2, -0.15) is 4.68 Å². The molecule has 0 amide bonds. The molecule has 8 heteroatoms. The zero-order valence-corrected chi connectivity index (χ0v) is 10.4. The maximum atomic E-state index is 12.0. The summed E-state index contributed by atoms with van der Waals surface area (Å²) in [5, 5.41) is 15.0. The predicted molar refractivity (Wildman–Crippen MR) is 67.9 cm³/mol. The molecule has 0 bridgehead atoms. The number of nitro groups is 1. The summed E-state index contributed by atoms with van der Waals surface area (Å²) >= 11 is 0. The number of non-ortho nitro benzene ring substituents is 1. The predicted octanol–water partition coefficient (Wildman–Crippen LogP) is 1.20. The molecule has 0 aliphatic carbocycles. The number of ether oxygens (including phenoxy) is 1. The summed E-state index contributed by atoms with van der Waals surface area (Å²) in [5.74, 6) is -0.326. The summed E-state index contributed by atoms with van der Waals surface area (Å²) in [6, 6.07) is 4.03. The van der Waals surface area contributed by atoms with Crippen LogP contribution in [-0.4, -0.2) is 33.8 Å². The molecule has 0 radical (unpaired) electrons. The van der Waals surface area contributed by atoms with Crippen LogP contribution in [0.5, 0.6) is 0 Å². The fourth-order valence-electron chi connectivity index (χ4n) is 1.68. The molecule has 0 spiro atoms. The number of hydrogen-bond donors (Lipinski definition) is 1. The Bertz CT molecular complexity index is 664. The zero-order chi connectivity index (χ0) is 14.2. The Hall–Kier alpha value is -2.48. The quantitative estimate of drug-likeness (QED) is 0.658. The minimum Gasteiger partial charge on any atom is -0.382 e. The second-order valence-corrected chi connectivity index (χ2v) is 3.97. The van der Waals surface area contributed by atoms with E-state index < -0.39 is 16.9 Å². The molecule has 2 N–H and O–H groups in total. The summed E-state index contributed by atoms with van der Waals surface area (Å²) in [4.78, 5) is 22.2. The molecule has 0 fully saturated rings. The third-order valence-corrected chi connectivity index (χ3v) is 2.81. The van der Waals surface area contributed by atoms with E-state index in [0.29, 0.717) is 10.9 Å². The normalized spacial score (nSPS) is 12.5. The average Bonchev–Trinajstić information content (AvgIpc) is 2.74. The fourth-order valence-corrected chi connectivity index (χ4v) is 1.68. The number of aromatic nitrogens is 2. The molecule has 0 aliphatic rings. The van der Waals surface area contributed by atoms with Crippen LogP contribution in [0.3, 0.4) is 0 Å². The highest BCUT2D eigenvalue weighted by atomic mass is 16.6. The highest BCUT2D eigenvalue weighted by Gasteiger charge is 2.21. The van der Waals surface area contributed by atoms with Crippen LogP contribution in [0.4, 0.5) is 11.5 Å². The highest BCUT2D eigenvalue weighted by molar-refractivity contribution is 5.98. The Balaban J connectivity index is 2.60. The number of methoxy groups -OCH3 is 1. The fraction of sp³-hybridized carbons (Fsp3) is 0.273. The van der Waals surface area contributed by atoms with Crippen molar-refractivity contribution in [1.82, 2.24) is 9.78 Å². The van der Waals surface area contributed by atoms with Gasteiger partial charge in [-0.3, -0.25) is 14.9 Å². The minimum atomic E-state index is -0.683. The van der Waals surface area contributed by atoms with Crippen molar-refractivity contribution in [2.75, 3.05) is 12.8 Å². The maximum absolute atomic E-state index is 12.0. The molecule has 19 heavy (non-hydrogen) atoms. The van der Waals surface area contributed by atoms with Crippen LogP contribution in [0.2, 0.25) is 0 Å². The summed E-state index contributed by atoms with van der Waals surface area (Å²) in [6.45, 7) is 1.58. The summed E-state index contributed by atoms with van der Waals surface area (Å²) in [6.07, 6.45) is -0.683. The molecule has 0 saturated carbocycles. The summed E-state index contributed by atoms with van der Waals surface area (Å²) < 4.78 is 6.03. The van der Waals surface area contributed by atoms with Crippen LogP contribution >= 0.6 is 0 Å². The number of carbonyl (C=O) groups excluding carboxylic acids is 1. The van der Waals surface area contributed by atoms with Gasteiger partial charge in [0.1, 0.15) is 6.10 Å². The van der Waals surface area contributed by atoms with E-state index in [2.05, 4.69) is 5.10 Å². The standard InChI is InChI=1S/C11H12N4O4/c1-6(19-2)11(16)14-9-4-3-7(15(17)18)5-8(9)10(12)13-14/h3-6H,1-2H3,(H2,12,13)/t6-/m1/s1. The van der Waals surface area contributed by atoms with Gasteiger partial charge < -0.3 is 10.5 Å². The lowest BCUT2D eigenvalue weighted by Crippen LogP contribution is -2.26. The van der Waals surface area contributed by atoms with Crippen molar-refractivity contribution in [3.05, 3.63) is 28.3 Å². The third-order valence-electron chi connectivity index (χ3n) is 2.81. The van der Waals surface area contributed by atoms with E-state index in [4.69, 9.17) is 10.5 Å². The van der Waals surface area contributed by atoms with Gasteiger partial charge in [0, 0.05) is 19.2 Å². The van der Waals surface area contributed by atoms with Gasteiger partial charge in [0.2, 0.25) is 0 Å². The van der Waals surface area contributed by atoms with Crippen molar-refractivity contribution in [3.8, 4) is 0 Å². The molecule has 1 heterocycles. The topological polar surface area (TPSA) is 113 Å². The van der Waals surface area contributed by atoms with Crippen LogP contribution in [0.25, 0.3) is 10.9 Å². The third kappa shape index (κ3) is 2.13. The molecule has 1 aromatic carbocycles. The van der Waals surface area contributed by atoms with E-state index in [1.807, 2.05) is 0 Å². The van der Waals surface area contributed by atoms with Crippen molar-refractivity contribution in [1.29, 1.82) is 0 Å². The first-order valence-electron chi connectivity index (χ1n) is 5.45. The maximum Gasteiger partial charge on any atom is 0.276 e. The Morgan fingerprint density at radius 1 is 1.58 bits per heavy atom. The largest absolute Gasteiger partial charge is 0.382 e. The minimum absolute atomic E-state index is 0.0651. The lowest BCUT2D eigenvalue weighted by molar-refractivity contribution is -0.384. The van der Waals surface area contributed by atoms with Gasteiger partial charge in [-0.05, 0) is 13.0 Å². The number of fused-ring (bicyclic) bond motifs is 1. The Morgan fingerprint density at radius 2 is 2.26 bits per heavy atom. The van der Waals surface area contributed by atoms with Crippen molar-refractivity contribution in [2.24, 2.45) is 0 Å². The van der Waals surface area contributed by atoms with Crippen molar-refractivity contribution in [2.45, 2.75) is 13.0 Å². The monoisotopic (exact) mass is 264 g/mol. The van der Waals surface area contributed by atoms with E-state index >= 15 is 0 Å². The average molecular weight is 264 g/mol. The Morgan fingerprint density at radius 3 is 2.84 bits per heavy atom. The summed E-state index contributed by atoms with van der Waals surface area (Å²) in [5.41, 5.74) is 5.99. The van der Waals surface area contributed by atoms with Crippen LogP contribution in [0, 0.1) is 10.1 Å². The lowest BCUT2D eigenvalue weighted by atomic mass is 10.2. The van der Waals surface area contributed by atoms with Crippen LogP contribution < -0.4 is 5.73 Å². The molecule has 0 saturated heterocycles. The summed E-state index contributed by atoms with van der Waals surface area (Å²) in [7, 11) is 1.41. The zero-order valence-electron chi connectivity index (χ0n) is 10.4. The number of rotatable bonds is 3. The van der Waals surface area contributed by atoms with Gasteiger partial charge >= 0.3 is 0 Å². The molecule has 0 aliphatic heterocycles. The molecule has 8 nitrogen and oxygen atoms in total. The first-order chi connectivity index (χ1) is 8.95. The molecule has 100 valence electrons. The van der Waals surface area contributed by atoms with Gasteiger partial charge in [0.15, 0.2) is 5.82 Å². The number of benzene rings is 1. The molecule has 0 unspecified atom stereocenters. The van der Waals surface area contributed by atoms with E-state index in [1.165, 1.54) is 25.3 Å². The molecular weight excluding hydrogens is 252 g/mol. The van der Waals surface area contributed by atoms with E-state index in [0.717, 1.165) is 4.68 Å². The van der Waals surface area contributed by atoms with Crippen LogP contribution in [-0.2, 0) is 4.74 Å². The smallest absolute Gasteiger partial charge is 0.276 e. The van der Waals surface area contributed by atoms with Crippen molar-refractivity contribution >= 4 is 28.3 Å². The van der Waals surface area contributed by atoms with Crippen LogP contribution in [0.15, 0.2) is 18.2 Å². The number of nitrogens with two attached hydrogens (primary N) is 1. The first-order valence-corrected chi connectivity index (χ1v) is 5.45. The number of nitro benzene ring substituents is 1. The lowest BCUT2D eigenvalue weighted by Gasteiger charge is -2.08. The molecular formula is C11H12N4O4.